The Morgan fingerprint density at radius 1 is 1.31 bits per heavy atom. The maximum Gasteiger partial charge on any atom is 0.287 e. The van der Waals surface area contributed by atoms with Gasteiger partial charge in [-0.15, -0.1) is 0 Å². The first-order valence-electron chi connectivity index (χ1n) is 8.49. The summed E-state index contributed by atoms with van der Waals surface area (Å²) in [6.07, 6.45) is 3.37. The second-order valence-electron chi connectivity index (χ2n) is 6.33. The van der Waals surface area contributed by atoms with Gasteiger partial charge in [-0.1, -0.05) is 13.8 Å². The van der Waals surface area contributed by atoms with Crippen molar-refractivity contribution < 1.29 is 18.8 Å². The van der Waals surface area contributed by atoms with Crippen molar-refractivity contribution >= 4 is 24.1 Å². The molecule has 0 saturated carbocycles. The van der Waals surface area contributed by atoms with Crippen LogP contribution in [0.1, 0.15) is 43.7 Å². The van der Waals surface area contributed by atoms with Gasteiger partial charge in [0.1, 0.15) is 12.3 Å². The molecule has 2 atom stereocenters. The highest BCUT2D eigenvalue weighted by molar-refractivity contribution is 5.95. The van der Waals surface area contributed by atoms with Crippen LogP contribution in [0.5, 0.6) is 0 Å². The Morgan fingerprint density at radius 2 is 2.04 bits per heavy atom. The fourth-order valence-corrected chi connectivity index (χ4v) is 2.35. The Kier molecular flexibility index (Phi) is 8.90. The highest BCUT2D eigenvalue weighted by atomic mass is 16.3. The summed E-state index contributed by atoms with van der Waals surface area (Å²) in [4.78, 5) is 39.7. The molecule has 0 saturated heterocycles. The van der Waals surface area contributed by atoms with Crippen LogP contribution in [-0.2, 0) is 9.59 Å². The lowest BCUT2D eigenvalue weighted by atomic mass is 10.0. The summed E-state index contributed by atoms with van der Waals surface area (Å²) in [6.45, 7) is 4.23. The van der Waals surface area contributed by atoms with Gasteiger partial charge in [-0.3, -0.25) is 14.6 Å². The number of nitrogens with two attached hydrogens (primary N) is 2. The van der Waals surface area contributed by atoms with E-state index in [1.165, 1.54) is 12.3 Å². The standard InChI is InChI=1S/C17H27N5O4/c1-11(2)9-12(10-23)21-15(24)13(5-3-7-20-17(18)19)22-16(25)14-6-4-8-26-14/h4,6,8,10-13H,3,5,7,9H2,1-2H3,(H,21,24)(H,22,25)(H4,18,19,20)/t12-,13-/m0/s1. The number of carbonyl (C=O) groups excluding carboxylic acids is 3. The summed E-state index contributed by atoms with van der Waals surface area (Å²) in [5.74, 6) is -0.649. The number of aldehydes is 1. The van der Waals surface area contributed by atoms with Gasteiger partial charge < -0.3 is 31.3 Å². The number of hydrogen-bond donors (Lipinski definition) is 4. The fourth-order valence-electron chi connectivity index (χ4n) is 2.35. The van der Waals surface area contributed by atoms with Crippen molar-refractivity contribution in [1.29, 1.82) is 0 Å². The monoisotopic (exact) mass is 365 g/mol. The van der Waals surface area contributed by atoms with Crippen molar-refractivity contribution in [1.82, 2.24) is 10.6 Å². The zero-order valence-electron chi connectivity index (χ0n) is 15.1. The van der Waals surface area contributed by atoms with Gasteiger partial charge in [-0.05, 0) is 37.3 Å². The summed E-state index contributed by atoms with van der Waals surface area (Å²) in [5, 5.41) is 5.28. The third-order valence-electron chi connectivity index (χ3n) is 3.53. The van der Waals surface area contributed by atoms with Crippen LogP contribution >= 0.6 is 0 Å². The maximum absolute atomic E-state index is 12.5. The molecule has 1 aromatic heterocycles. The maximum atomic E-state index is 12.5. The largest absolute Gasteiger partial charge is 0.459 e. The highest BCUT2D eigenvalue weighted by Crippen LogP contribution is 2.07. The molecule has 0 aliphatic heterocycles. The minimum atomic E-state index is -0.837. The molecule has 1 heterocycles. The number of carbonyl (C=O) groups is 3. The van der Waals surface area contributed by atoms with Gasteiger partial charge in [-0.2, -0.15) is 0 Å². The van der Waals surface area contributed by atoms with Gasteiger partial charge in [0, 0.05) is 6.54 Å². The molecule has 144 valence electrons. The number of hydrogen-bond acceptors (Lipinski definition) is 5. The number of aliphatic imine (C=N–C) groups is 1. The molecule has 6 N–H and O–H groups in total. The lowest BCUT2D eigenvalue weighted by molar-refractivity contribution is -0.126. The number of furan rings is 1. The molecule has 9 heteroatoms. The second-order valence-corrected chi connectivity index (χ2v) is 6.33. The van der Waals surface area contributed by atoms with Gasteiger partial charge in [0.2, 0.25) is 5.91 Å². The van der Waals surface area contributed by atoms with Crippen molar-refractivity contribution in [2.24, 2.45) is 22.4 Å². The molecular formula is C17H27N5O4. The molecule has 26 heavy (non-hydrogen) atoms. The van der Waals surface area contributed by atoms with Crippen LogP contribution in [-0.4, -0.2) is 42.7 Å². The number of nitrogens with one attached hydrogen (secondary N) is 2. The molecule has 9 nitrogen and oxygen atoms in total. The van der Waals surface area contributed by atoms with E-state index in [1.807, 2.05) is 13.8 Å². The van der Waals surface area contributed by atoms with Crippen LogP contribution in [0, 0.1) is 5.92 Å². The molecule has 1 aromatic rings. The van der Waals surface area contributed by atoms with Crippen LogP contribution in [0.4, 0.5) is 0 Å². The van der Waals surface area contributed by atoms with E-state index < -0.39 is 23.9 Å². The zero-order valence-corrected chi connectivity index (χ0v) is 15.1. The molecule has 2 amide bonds. The van der Waals surface area contributed by atoms with E-state index in [4.69, 9.17) is 15.9 Å². The van der Waals surface area contributed by atoms with E-state index in [9.17, 15) is 14.4 Å². The van der Waals surface area contributed by atoms with Crippen LogP contribution in [0.2, 0.25) is 0 Å². The summed E-state index contributed by atoms with van der Waals surface area (Å²) < 4.78 is 5.03. The molecule has 1 rings (SSSR count). The van der Waals surface area contributed by atoms with Crippen LogP contribution in [0.3, 0.4) is 0 Å². The van der Waals surface area contributed by atoms with Gasteiger partial charge in [0.15, 0.2) is 11.7 Å². The molecule has 0 bridgehead atoms. The number of rotatable bonds is 11. The van der Waals surface area contributed by atoms with E-state index >= 15 is 0 Å². The normalized spacial score (nSPS) is 12.9. The van der Waals surface area contributed by atoms with Gasteiger partial charge >= 0.3 is 0 Å². The topological polar surface area (TPSA) is 153 Å². The highest BCUT2D eigenvalue weighted by Gasteiger charge is 2.24. The Balaban J connectivity index is 2.74. The number of guanidine groups is 1. The molecule has 0 spiro atoms. The Labute approximate surface area is 152 Å². The van der Waals surface area contributed by atoms with E-state index in [0.29, 0.717) is 32.1 Å². The van der Waals surface area contributed by atoms with Crippen LogP contribution in [0.15, 0.2) is 27.8 Å². The third kappa shape index (κ3) is 7.82. The van der Waals surface area contributed by atoms with Gasteiger partial charge in [-0.25, -0.2) is 0 Å². The van der Waals surface area contributed by atoms with Crippen molar-refractivity contribution in [3.05, 3.63) is 24.2 Å². The second kappa shape index (κ2) is 10.9. The van der Waals surface area contributed by atoms with Crippen molar-refractivity contribution in [3.8, 4) is 0 Å². The quantitative estimate of drug-likeness (QED) is 0.190. The lowest BCUT2D eigenvalue weighted by Crippen LogP contribution is -2.50. The van der Waals surface area contributed by atoms with Gasteiger partial charge in [0.05, 0.1) is 12.3 Å². The van der Waals surface area contributed by atoms with Crippen molar-refractivity contribution in [2.75, 3.05) is 6.54 Å². The van der Waals surface area contributed by atoms with E-state index in [0.717, 1.165) is 0 Å². The van der Waals surface area contributed by atoms with Crippen molar-refractivity contribution in [2.45, 2.75) is 45.2 Å². The van der Waals surface area contributed by atoms with E-state index in [-0.39, 0.29) is 17.6 Å². The minimum Gasteiger partial charge on any atom is -0.459 e. The predicted octanol–water partition coefficient (Wildman–Crippen LogP) is 0.161. The van der Waals surface area contributed by atoms with Crippen LogP contribution < -0.4 is 22.1 Å². The molecule has 0 fully saturated rings. The first kappa shape index (κ1) is 21.2. The molecule has 0 aliphatic carbocycles. The van der Waals surface area contributed by atoms with Crippen LogP contribution in [0.25, 0.3) is 0 Å². The number of nitrogens with zero attached hydrogens (tertiary/aromatic N) is 1. The van der Waals surface area contributed by atoms with Crippen molar-refractivity contribution in [3.63, 3.8) is 0 Å². The first-order chi connectivity index (χ1) is 12.3. The average molecular weight is 365 g/mol. The summed E-state index contributed by atoms with van der Waals surface area (Å²) in [7, 11) is 0. The Hall–Kier alpha value is -2.84. The third-order valence-corrected chi connectivity index (χ3v) is 3.53. The van der Waals surface area contributed by atoms with E-state index in [2.05, 4.69) is 15.6 Å². The first-order valence-corrected chi connectivity index (χ1v) is 8.49. The summed E-state index contributed by atoms with van der Waals surface area (Å²) in [5.41, 5.74) is 10.5. The smallest absolute Gasteiger partial charge is 0.287 e. The minimum absolute atomic E-state index is 0.0384. The SMILES string of the molecule is CC(C)C[C@@H](C=O)NC(=O)[C@H](CCCN=C(N)N)NC(=O)c1ccco1. The lowest BCUT2D eigenvalue weighted by Gasteiger charge is -2.21. The van der Waals surface area contributed by atoms with Gasteiger partial charge in [0.25, 0.3) is 5.91 Å². The molecule has 0 aromatic carbocycles. The fraction of sp³-hybridized carbons (Fsp3) is 0.529. The molecule has 0 unspecified atom stereocenters. The Bertz CT molecular complexity index is 609. The average Bonchev–Trinajstić information content (AvgIpc) is 3.10. The zero-order chi connectivity index (χ0) is 19.5. The molecule has 0 radical (unpaired) electrons. The Morgan fingerprint density at radius 3 is 2.58 bits per heavy atom. The molecular weight excluding hydrogens is 338 g/mol. The van der Waals surface area contributed by atoms with E-state index in [1.54, 1.807) is 6.07 Å². The number of amides is 2. The predicted molar refractivity (Wildman–Crippen MR) is 97.3 cm³/mol. The summed E-state index contributed by atoms with van der Waals surface area (Å²) >= 11 is 0. The molecule has 0 aliphatic rings. The summed E-state index contributed by atoms with van der Waals surface area (Å²) in [6, 6.07) is 1.63.